The van der Waals surface area contributed by atoms with Gasteiger partial charge in [0.05, 0.1) is 0 Å². The first kappa shape index (κ1) is 14.9. The zero-order valence-corrected chi connectivity index (χ0v) is 13.3. The van der Waals surface area contributed by atoms with E-state index in [0.717, 1.165) is 54.5 Å². The van der Waals surface area contributed by atoms with Crippen molar-refractivity contribution in [2.75, 3.05) is 19.6 Å². The lowest BCUT2D eigenvalue weighted by Crippen LogP contribution is -2.45. The summed E-state index contributed by atoms with van der Waals surface area (Å²) in [6.07, 6.45) is 4.90. The van der Waals surface area contributed by atoms with E-state index in [4.69, 9.17) is 11.6 Å². The molecule has 21 heavy (non-hydrogen) atoms. The van der Waals surface area contributed by atoms with Crippen LogP contribution in [-0.2, 0) is 0 Å². The highest BCUT2D eigenvalue weighted by molar-refractivity contribution is 6.31. The first-order chi connectivity index (χ1) is 10.1. The summed E-state index contributed by atoms with van der Waals surface area (Å²) in [5, 5.41) is 4.36. The second-order valence-electron chi connectivity index (χ2n) is 6.38. The van der Waals surface area contributed by atoms with E-state index in [1.807, 2.05) is 30.0 Å². The molecule has 1 aromatic rings. The van der Waals surface area contributed by atoms with Crippen LogP contribution in [0.4, 0.5) is 0 Å². The molecule has 1 saturated carbocycles. The van der Waals surface area contributed by atoms with Crippen LogP contribution in [0.5, 0.6) is 0 Å². The van der Waals surface area contributed by atoms with Gasteiger partial charge < -0.3 is 10.2 Å². The zero-order valence-electron chi connectivity index (χ0n) is 12.6. The monoisotopic (exact) mass is 306 g/mol. The molecule has 2 aliphatic rings. The van der Waals surface area contributed by atoms with Gasteiger partial charge in [-0.05, 0) is 68.8 Å². The molecule has 1 amide bonds. The molecule has 2 fully saturated rings. The van der Waals surface area contributed by atoms with Gasteiger partial charge in [-0.1, -0.05) is 11.6 Å². The van der Waals surface area contributed by atoms with Crippen LogP contribution < -0.4 is 5.32 Å². The standard InChI is InChI=1S/C17H23ClN2O/c1-12-10-14(4-5-16(12)18)17(21)20-8-6-15(7-9-20)19-11-13-2-3-13/h4-5,10,13,15,19H,2-3,6-9,11H2,1H3. The highest BCUT2D eigenvalue weighted by atomic mass is 35.5. The molecule has 0 atom stereocenters. The fourth-order valence-electron chi connectivity index (χ4n) is 2.90. The number of aryl methyl sites for hydroxylation is 1. The van der Waals surface area contributed by atoms with E-state index < -0.39 is 0 Å². The SMILES string of the molecule is Cc1cc(C(=O)N2CCC(NCC3CC3)CC2)ccc1Cl. The first-order valence-electron chi connectivity index (χ1n) is 7.92. The molecule has 0 spiro atoms. The summed E-state index contributed by atoms with van der Waals surface area (Å²) in [5.41, 5.74) is 1.71. The Bertz CT molecular complexity index is 520. The summed E-state index contributed by atoms with van der Waals surface area (Å²) in [5.74, 6) is 1.05. The average Bonchev–Trinajstić information content (AvgIpc) is 3.32. The number of hydrogen-bond donors (Lipinski definition) is 1. The van der Waals surface area contributed by atoms with Crippen LogP contribution in [0.25, 0.3) is 0 Å². The lowest BCUT2D eigenvalue weighted by atomic mass is 10.0. The van der Waals surface area contributed by atoms with E-state index in [1.54, 1.807) is 0 Å². The summed E-state index contributed by atoms with van der Waals surface area (Å²) >= 11 is 6.02. The smallest absolute Gasteiger partial charge is 0.253 e. The van der Waals surface area contributed by atoms with Crippen molar-refractivity contribution in [3.63, 3.8) is 0 Å². The van der Waals surface area contributed by atoms with Crippen molar-refractivity contribution in [3.05, 3.63) is 34.3 Å². The number of carbonyl (C=O) groups excluding carboxylic acids is 1. The maximum Gasteiger partial charge on any atom is 0.253 e. The number of nitrogens with zero attached hydrogens (tertiary/aromatic N) is 1. The molecule has 1 aliphatic heterocycles. The van der Waals surface area contributed by atoms with Crippen molar-refractivity contribution in [2.24, 2.45) is 5.92 Å². The van der Waals surface area contributed by atoms with Gasteiger partial charge in [-0.3, -0.25) is 4.79 Å². The quantitative estimate of drug-likeness (QED) is 0.926. The molecule has 1 aliphatic carbocycles. The van der Waals surface area contributed by atoms with Gasteiger partial charge >= 0.3 is 0 Å². The number of likely N-dealkylation sites (tertiary alicyclic amines) is 1. The lowest BCUT2D eigenvalue weighted by Gasteiger charge is -2.32. The van der Waals surface area contributed by atoms with Gasteiger partial charge in [0.2, 0.25) is 0 Å². The Hall–Kier alpha value is -1.06. The van der Waals surface area contributed by atoms with Crippen molar-refractivity contribution >= 4 is 17.5 Å². The number of rotatable bonds is 4. The Morgan fingerprint density at radius 3 is 2.62 bits per heavy atom. The summed E-state index contributed by atoms with van der Waals surface area (Å²) in [6, 6.07) is 6.12. The summed E-state index contributed by atoms with van der Waals surface area (Å²) in [7, 11) is 0. The molecule has 1 N–H and O–H groups in total. The number of carbonyl (C=O) groups is 1. The number of piperidine rings is 1. The first-order valence-corrected chi connectivity index (χ1v) is 8.30. The maximum absolute atomic E-state index is 12.5. The Kier molecular flexibility index (Phi) is 4.51. The Morgan fingerprint density at radius 1 is 1.29 bits per heavy atom. The van der Waals surface area contributed by atoms with E-state index in [0.29, 0.717) is 6.04 Å². The number of benzene rings is 1. The van der Waals surface area contributed by atoms with E-state index in [9.17, 15) is 4.79 Å². The predicted octanol–water partition coefficient (Wildman–Crippen LogP) is 3.25. The summed E-state index contributed by atoms with van der Waals surface area (Å²) < 4.78 is 0. The second kappa shape index (κ2) is 6.37. The van der Waals surface area contributed by atoms with E-state index in [1.165, 1.54) is 12.8 Å². The number of halogens is 1. The molecule has 114 valence electrons. The zero-order chi connectivity index (χ0) is 14.8. The largest absolute Gasteiger partial charge is 0.339 e. The molecule has 4 heteroatoms. The molecule has 0 unspecified atom stereocenters. The third-order valence-corrected chi connectivity index (χ3v) is 5.00. The molecule has 1 saturated heterocycles. The van der Waals surface area contributed by atoms with Gasteiger partial charge in [0.15, 0.2) is 0 Å². The topological polar surface area (TPSA) is 32.3 Å². The minimum atomic E-state index is 0.135. The molecular formula is C17H23ClN2O. The fraction of sp³-hybridized carbons (Fsp3) is 0.588. The number of nitrogens with one attached hydrogen (secondary N) is 1. The van der Waals surface area contributed by atoms with Gasteiger partial charge in [-0.15, -0.1) is 0 Å². The van der Waals surface area contributed by atoms with Gasteiger partial charge in [0.25, 0.3) is 5.91 Å². The van der Waals surface area contributed by atoms with Crippen LogP contribution in [0.2, 0.25) is 5.02 Å². The van der Waals surface area contributed by atoms with Crippen molar-refractivity contribution in [1.82, 2.24) is 10.2 Å². The van der Waals surface area contributed by atoms with Crippen LogP contribution in [0, 0.1) is 12.8 Å². The molecule has 1 aromatic carbocycles. The Balaban J connectivity index is 1.52. The van der Waals surface area contributed by atoms with E-state index in [2.05, 4.69) is 5.32 Å². The highest BCUT2D eigenvalue weighted by Crippen LogP contribution is 2.28. The van der Waals surface area contributed by atoms with Crippen LogP contribution in [0.1, 0.15) is 41.6 Å². The predicted molar refractivity (Wildman–Crippen MR) is 85.8 cm³/mol. The van der Waals surface area contributed by atoms with Gasteiger partial charge in [-0.2, -0.15) is 0 Å². The van der Waals surface area contributed by atoms with E-state index >= 15 is 0 Å². The third kappa shape index (κ3) is 3.78. The molecule has 3 rings (SSSR count). The van der Waals surface area contributed by atoms with Crippen LogP contribution >= 0.6 is 11.6 Å². The van der Waals surface area contributed by atoms with Gasteiger partial charge in [0, 0.05) is 29.7 Å². The fourth-order valence-corrected chi connectivity index (χ4v) is 3.02. The molecule has 3 nitrogen and oxygen atoms in total. The summed E-state index contributed by atoms with van der Waals surface area (Å²) in [4.78, 5) is 14.5. The van der Waals surface area contributed by atoms with Crippen molar-refractivity contribution in [3.8, 4) is 0 Å². The average molecular weight is 307 g/mol. The lowest BCUT2D eigenvalue weighted by molar-refractivity contribution is 0.0705. The molecule has 0 aromatic heterocycles. The van der Waals surface area contributed by atoms with Crippen LogP contribution in [0.15, 0.2) is 18.2 Å². The van der Waals surface area contributed by atoms with Crippen LogP contribution in [-0.4, -0.2) is 36.5 Å². The van der Waals surface area contributed by atoms with Crippen molar-refractivity contribution in [2.45, 2.75) is 38.6 Å². The van der Waals surface area contributed by atoms with E-state index in [-0.39, 0.29) is 5.91 Å². The highest BCUT2D eigenvalue weighted by Gasteiger charge is 2.26. The molecule has 1 heterocycles. The molecule has 0 radical (unpaired) electrons. The Morgan fingerprint density at radius 2 is 2.00 bits per heavy atom. The normalized spacial score (nSPS) is 19.8. The minimum absolute atomic E-state index is 0.135. The molecule has 0 bridgehead atoms. The molecular weight excluding hydrogens is 284 g/mol. The Labute approximate surface area is 131 Å². The summed E-state index contributed by atoms with van der Waals surface area (Å²) in [6.45, 7) is 4.80. The minimum Gasteiger partial charge on any atom is -0.339 e. The number of hydrogen-bond acceptors (Lipinski definition) is 2. The van der Waals surface area contributed by atoms with Crippen molar-refractivity contribution < 1.29 is 4.79 Å². The van der Waals surface area contributed by atoms with Crippen molar-refractivity contribution in [1.29, 1.82) is 0 Å². The van der Waals surface area contributed by atoms with Crippen LogP contribution in [0.3, 0.4) is 0 Å². The third-order valence-electron chi connectivity index (χ3n) is 4.58. The van der Waals surface area contributed by atoms with Gasteiger partial charge in [0.1, 0.15) is 0 Å². The number of amides is 1. The second-order valence-corrected chi connectivity index (χ2v) is 6.79. The van der Waals surface area contributed by atoms with Gasteiger partial charge in [-0.25, -0.2) is 0 Å². The maximum atomic E-state index is 12.5.